The molecule has 6 heteroatoms. The Morgan fingerprint density at radius 3 is 2.62 bits per heavy atom. The maximum atomic E-state index is 8.93. The van der Waals surface area contributed by atoms with E-state index in [9.17, 15) is 0 Å². The molecule has 2 N–H and O–H groups in total. The Labute approximate surface area is 151 Å². The summed E-state index contributed by atoms with van der Waals surface area (Å²) in [7, 11) is 0. The molecule has 3 heterocycles. The van der Waals surface area contributed by atoms with Gasteiger partial charge in [0.2, 0.25) is 0 Å². The van der Waals surface area contributed by atoms with E-state index in [4.69, 9.17) is 10.2 Å². The number of nitrogens with one attached hydrogen (secondary N) is 2. The number of nitrogens with zero attached hydrogens (tertiary/aromatic N) is 4. The van der Waals surface area contributed by atoms with Crippen LogP contribution in [-0.4, -0.2) is 19.4 Å². The monoisotopic (exact) mass is 342 g/mol. The number of rotatable bonds is 4. The van der Waals surface area contributed by atoms with E-state index in [1.807, 2.05) is 43.3 Å². The van der Waals surface area contributed by atoms with Crippen molar-refractivity contribution in [3.8, 4) is 17.5 Å². The molecule has 0 aliphatic carbocycles. The fourth-order valence-corrected chi connectivity index (χ4v) is 2.97. The van der Waals surface area contributed by atoms with E-state index in [0.717, 1.165) is 39.7 Å². The van der Waals surface area contributed by atoms with Gasteiger partial charge >= 0.3 is 0 Å². The van der Waals surface area contributed by atoms with Gasteiger partial charge in [-0.2, -0.15) is 5.26 Å². The van der Waals surface area contributed by atoms with Crippen molar-refractivity contribution in [2.75, 3.05) is 5.32 Å². The summed E-state index contributed by atoms with van der Waals surface area (Å²) in [4.78, 5) is 12.3. The summed E-state index contributed by atoms with van der Waals surface area (Å²) in [6, 6.07) is 13.8. The first kappa shape index (κ1) is 15.9. The lowest BCUT2D eigenvalue weighted by Crippen LogP contribution is -2.04. The quantitative estimate of drug-likeness (QED) is 0.590. The lowest BCUT2D eigenvalue weighted by atomic mass is 10.1. The van der Waals surface area contributed by atoms with Crippen LogP contribution in [0.4, 0.5) is 5.82 Å². The standard InChI is InChI=1S/C20H18N6/c1-13-3-8-17-25-19(18-14(2)23-12-24-18)20(26(17)11-13)22-10-16-6-4-15(9-21)5-7-16/h3-8,11-12,22H,10H2,1-2H3,(H,23,24). The molecule has 0 fully saturated rings. The fraction of sp³-hybridized carbons (Fsp3) is 0.150. The third-order valence-electron chi connectivity index (χ3n) is 4.36. The first-order valence-corrected chi connectivity index (χ1v) is 8.37. The van der Waals surface area contributed by atoms with Gasteiger partial charge in [-0.3, -0.25) is 4.40 Å². The van der Waals surface area contributed by atoms with E-state index < -0.39 is 0 Å². The molecule has 128 valence electrons. The number of imidazole rings is 2. The number of pyridine rings is 1. The highest BCUT2D eigenvalue weighted by molar-refractivity contribution is 5.75. The van der Waals surface area contributed by atoms with Crippen molar-refractivity contribution >= 4 is 11.5 Å². The molecule has 26 heavy (non-hydrogen) atoms. The highest BCUT2D eigenvalue weighted by atomic mass is 15.1. The van der Waals surface area contributed by atoms with Crippen molar-refractivity contribution in [2.45, 2.75) is 20.4 Å². The molecule has 0 aliphatic heterocycles. The van der Waals surface area contributed by atoms with Crippen LogP contribution in [0.2, 0.25) is 0 Å². The molecule has 0 saturated heterocycles. The zero-order valence-electron chi connectivity index (χ0n) is 14.6. The third kappa shape index (κ3) is 2.80. The van der Waals surface area contributed by atoms with Gasteiger partial charge in [-0.25, -0.2) is 9.97 Å². The van der Waals surface area contributed by atoms with Gasteiger partial charge in [-0.1, -0.05) is 18.2 Å². The second kappa shape index (κ2) is 6.37. The van der Waals surface area contributed by atoms with Crippen molar-refractivity contribution in [3.05, 3.63) is 71.3 Å². The average molecular weight is 342 g/mol. The minimum absolute atomic E-state index is 0.629. The van der Waals surface area contributed by atoms with Crippen LogP contribution in [0, 0.1) is 25.2 Å². The molecular formula is C20H18N6. The van der Waals surface area contributed by atoms with Gasteiger partial charge < -0.3 is 10.3 Å². The van der Waals surface area contributed by atoms with Crippen molar-refractivity contribution in [1.29, 1.82) is 5.26 Å². The topological polar surface area (TPSA) is 81.8 Å². The van der Waals surface area contributed by atoms with Gasteiger partial charge in [0.15, 0.2) is 0 Å². The third-order valence-corrected chi connectivity index (χ3v) is 4.36. The number of H-pyrrole nitrogens is 1. The van der Waals surface area contributed by atoms with Crippen LogP contribution in [0.5, 0.6) is 0 Å². The maximum absolute atomic E-state index is 8.93. The number of benzene rings is 1. The molecule has 4 rings (SSSR count). The molecule has 4 aromatic rings. The Bertz CT molecular complexity index is 1110. The summed E-state index contributed by atoms with van der Waals surface area (Å²) < 4.78 is 2.06. The summed E-state index contributed by atoms with van der Waals surface area (Å²) in [6.45, 7) is 4.68. The summed E-state index contributed by atoms with van der Waals surface area (Å²) >= 11 is 0. The second-order valence-electron chi connectivity index (χ2n) is 6.28. The normalized spacial score (nSPS) is 10.8. The van der Waals surface area contributed by atoms with Gasteiger partial charge in [0.25, 0.3) is 0 Å². The number of aromatic amines is 1. The lowest BCUT2D eigenvalue weighted by molar-refractivity contribution is 1.07. The summed E-state index contributed by atoms with van der Waals surface area (Å²) in [6.07, 6.45) is 3.75. The van der Waals surface area contributed by atoms with Crippen LogP contribution in [0.25, 0.3) is 17.0 Å². The second-order valence-corrected chi connectivity index (χ2v) is 6.28. The molecule has 0 amide bonds. The van der Waals surface area contributed by atoms with Crippen LogP contribution in [0.15, 0.2) is 48.9 Å². The summed E-state index contributed by atoms with van der Waals surface area (Å²) in [5, 5.41) is 12.4. The van der Waals surface area contributed by atoms with Crippen molar-refractivity contribution in [2.24, 2.45) is 0 Å². The van der Waals surface area contributed by atoms with Crippen molar-refractivity contribution in [3.63, 3.8) is 0 Å². The number of aryl methyl sites for hydroxylation is 2. The molecule has 0 spiro atoms. The summed E-state index contributed by atoms with van der Waals surface area (Å²) in [5.41, 5.74) is 6.42. The Balaban J connectivity index is 1.75. The number of fused-ring (bicyclic) bond motifs is 1. The molecule has 0 bridgehead atoms. The van der Waals surface area contributed by atoms with E-state index in [0.29, 0.717) is 12.1 Å². The Morgan fingerprint density at radius 2 is 1.92 bits per heavy atom. The van der Waals surface area contributed by atoms with E-state index in [1.165, 1.54) is 0 Å². The molecule has 0 saturated carbocycles. The van der Waals surface area contributed by atoms with Crippen LogP contribution >= 0.6 is 0 Å². The van der Waals surface area contributed by atoms with Gasteiger partial charge in [-0.05, 0) is 43.2 Å². The highest BCUT2D eigenvalue weighted by Crippen LogP contribution is 2.29. The van der Waals surface area contributed by atoms with E-state index >= 15 is 0 Å². The van der Waals surface area contributed by atoms with Gasteiger partial charge in [0.05, 0.1) is 18.0 Å². The van der Waals surface area contributed by atoms with Crippen molar-refractivity contribution in [1.82, 2.24) is 19.4 Å². The Morgan fingerprint density at radius 1 is 1.12 bits per heavy atom. The van der Waals surface area contributed by atoms with Crippen LogP contribution in [0.1, 0.15) is 22.4 Å². The van der Waals surface area contributed by atoms with E-state index in [1.54, 1.807) is 6.33 Å². The summed E-state index contributed by atoms with van der Waals surface area (Å²) in [5.74, 6) is 0.906. The van der Waals surface area contributed by atoms with Gasteiger partial charge in [-0.15, -0.1) is 0 Å². The first-order chi connectivity index (χ1) is 12.7. The molecule has 0 unspecified atom stereocenters. The number of hydrogen-bond donors (Lipinski definition) is 2. The Hall–Kier alpha value is -3.59. The molecule has 0 radical (unpaired) electrons. The maximum Gasteiger partial charge on any atom is 0.140 e. The van der Waals surface area contributed by atoms with Crippen LogP contribution in [0.3, 0.4) is 0 Å². The SMILES string of the molecule is Cc1ccc2nc(-c3nc[nH]c3C)c(NCc3ccc(C#N)cc3)n2c1. The molecule has 3 aromatic heterocycles. The lowest BCUT2D eigenvalue weighted by Gasteiger charge is -2.09. The molecule has 1 aromatic carbocycles. The highest BCUT2D eigenvalue weighted by Gasteiger charge is 2.17. The smallest absolute Gasteiger partial charge is 0.140 e. The molecule has 0 aliphatic rings. The average Bonchev–Trinajstić information content (AvgIpc) is 3.23. The molecular weight excluding hydrogens is 324 g/mol. The predicted molar refractivity (Wildman–Crippen MR) is 101 cm³/mol. The zero-order chi connectivity index (χ0) is 18.1. The zero-order valence-corrected chi connectivity index (χ0v) is 14.6. The van der Waals surface area contributed by atoms with E-state index in [-0.39, 0.29) is 0 Å². The van der Waals surface area contributed by atoms with Gasteiger partial charge in [0.1, 0.15) is 22.9 Å². The molecule has 0 atom stereocenters. The Kier molecular flexibility index (Phi) is 3.90. The first-order valence-electron chi connectivity index (χ1n) is 8.37. The van der Waals surface area contributed by atoms with Crippen molar-refractivity contribution < 1.29 is 0 Å². The number of nitriles is 1. The van der Waals surface area contributed by atoms with Gasteiger partial charge in [0, 0.05) is 18.4 Å². The minimum atomic E-state index is 0.629. The van der Waals surface area contributed by atoms with Crippen LogP contribution in [-0.2, 0) is 6.54 Å². The fourth-order valence-electron chi connectivity index (χ4n) is 2.97. The minimum Gasteiger partial charge on any atom is -0.365 e. The largest absolute Gasteiger partial charge is 0.365 e. The predicted octanol–water partition coefficient (Wildman–Crippen LogP) is 3.83. The number of aromatic nitrogens is 4. The van der Waals surface area contributed by atoms with Crippen LogP contribution < -0.4 is 5.32 Å². The number of hydrogen-bond acceptors (Lipinski definition) is 4. The molecule has 6 nitrogen and oxygen atoms in total. The number of anilines is 1. The van der Waals surface area contributed by atoms with E-state index in [2.05, 4.69) is 38.9 Å².